The predicted molar refractivity (Wildman–Crippen MR) is 140 cm³/mol. The highest BCUT2D eigenvalue weighted by molar-refractivity contribution is 7.86. The van der Waals surface area contributed by atoms with Crippen LogP contribution < -0.4 is 5.73 Å². The van der Waals surface area contributed by atoms with Crippen molar-refractivity contribution >= 4 is 49.3 Å². The summed E-state index contributed by atoms with van der Waals surface area (Å²) in [5, 5.41) is 28.1. The van der Waals surface area contributed by atoms with E-state index in [1.807, 2.05) is 51.1 Å². The standard InChI is InChI=1S/C26H25N5O4S/c1-14-5-8-19(9-6-14)28-31-25-21(36(33,34)35)13-18-12-17(4)24(23(27)22(18)26(25)32)30-29-20-10-7-15(2)11-16(20)3/h5-13,32H,27H2,1-4H3,(H,33,34,35). The van der Waals surface area contributed by atoms with E-state index in [0.717, 1.165) is 16.7 Å². The highest BCUT2D eigenvalue weighted by Gasteiger charge is 2.24. The second-order valence-corrected chi connectivity index (χ2v) is 10.0. The van der Waals surface area contributed by atoms with Gasteiger partial charge in [-0.3, -0.25) is 4.55 Å². The molecule has 0 heterocycles. The minimum atomic E-state index is -4.75. The van der Waals surface area contributed by atoms with Crippen LogP contribution in [-0.4, -0.2) is 18.1 Å². The average Bonchev–Trinajstić information content (AvgIpc) is 2.79. The summed E-state index contributed by atoms with van der Waals surface area (Å²) >= 11 is 0. The monoisotopic (exact) mass is 503 g/mol. The zero-order valence-electron chi connectivity index (χ0n) is 20.2. The van der Waals surface area contributed by atoms with E-state index in [-0.39, 0.29) is 16.5 Å². The smallest absolute Gasteiger partial charge is 0.296 e. The minimum Gasteiger partial charge on any atom is -0.505 e. The zero-order chi connectivity index (χ0) is 26.2. The molecule has 9 nitrogen and oxygen atoms in total. The Morgan fingerprint density at radius 3 is 2.03 bits per heavy atom. The van der Waals surface area contributed by atoms with Gasteiger partial charge in [0.2, 0.25) is 0 Å². The van der Waals surface area contributed by atoms with Gasteiger partial charge in [0.1, 0.15) is 16.3 Å². The molecule has 0 aliphatic carbocycles. The fourth-order valence-electron chi connectivity index (χ4n) is 3.85. The maximum atomic E-state index is 12.1. The first-order chi connectivity index (χ1) is 17.0. The van der Waals surface area contributed by atoms with Crippen molar-refractivity contribution in [1.82, 2.24) is 0 Å². The van der Waals surface area contributed by atoms with Gasteiger partial charge in [-0.2, -0.15) is 18.6 Å². The third-order valence-corrected chi connectivity index (χ3v) is 6.59. The van der Waals surface area contributed by atoms with Crippen molar-refractivity contribution in [3.05, 3.63) is 76.9 Å². The summed E-state index contributed by atoms with van der Waals surface area (Å²) in [6.45, 7) is 7.55. The topological polar surface area (TPSA) is 150 Å². The third-order valence-electron chi connectivity index (χ3n) is 5.73. The molecule has 0 amide bonds. The van der Waals surface area contributed by atoms with Gasteiger partial charge in [0.25, 0.3) is 10.1 Å². The number of rotatable bonds is 5. The molecule has 4 rings (SSSR count). The Kier molecular flexibility index (Phi) is 6.57. The maximum Gasteiger partial charge on any atom is 0.296 e. The van der Waals surface area contributed by atoms with Crippen LogP contribution in [0.5, 0.6) is 5.75 Å². The van der Waals surface area contributed by atoms with Gasteiger partial charge in [-0.15, -0.1) is 10.2 Å². The number of benzene rings is 4. The minimum absolute atomic E-state index is 0.0877. The number of anilines is 1. The lowest BCUT2D eigenvalue weighted by Crippen LogP contribution is -2.00. The molecule has 0 atom stereocenters. The highest BCUT2D eigenvalue weighted by Crippen LogP contribution is 2.47. The van der Waals surface area contributed by atoms with Crippen molar-refractivity contribution in [3.8, 4) is 5.75 Å². The summed E-state index contributed by atoms with van der Waals surface area (Å²) < 4.78 is 34.1. The number of hydrogen-bond donors (Lipinski definition) is 3. The van der Waals surface area contributed by atoms with Gasteiger partial charge in [0.15, 0.2) is 5.75 Å². The Balaban J connectivity index is 1.91. The second kappa shape index (κ2) is 9.48. The van der Waals surface area contributed by atoms with E-state index in [1.54, 1.807) is 25.1 Å². The Morgan fingerprint density at radius 2 is 1.39 bits per heavy atom. The highest BCUT2D eigenvalue weighted by atomic mass is 32.2. The number of hydrogen-bond acceptors (Lipinski definition) is 8. The summed E-state index contributed by atoms with van der Waals surface area (Å²) in [6, 6.07) is 15.6. The van der Waals surface area contributed by atoms with Crippen LogP contribution in [0.15, 0.2) is 79.9 Å². The third kappa shape index (κ3) is 4.95. The van der Waals surface area contributed by atoms with E-state index < -0.39 is 26.5 Å². The summed E-state index contributed by atoms with van der Waals surface area (Å²) in [5.41, 5.74) is 11.1. The SMILES string of the molecule is Cc1ccc(N=Nc2c(S(=O)(=O)O)cc3cc(C)c(N=Nc4ccc(C)cc4C)c(N)c3c2O)cc1. The molecule has 0 saturated carbocycles. The van der Waals surface area contributed by atoms with Crippen LogP contribution in [0.1, 0.15) is 22.3 Å². The molecule has 0 aliphatic heterocycles. The summed E-state index contributed by atoms with van der Waals surface area (Å²) in [7, 11) is -4.75. The summed E-state index contributed by atoms with van der Waals surface area (Å²) in [6.07, 6.45) is 0. The number of phenolic OH excluding ortho intramolecular Hbond substituents is 1. The molecule has 0 aromatic heterocycles. The largest absolute Gasteiger partial charge is 0.505 e. The number of nitrogens with two attached hydrogens (primary N) is 1. The van der Waals surface area contributed by atoms with Gasteiger partial charge in [-0.1, -0.05) is 35.4 Å². The molecule has 0 bridgehead atoms. The molecule has 0 saturated heterocycles. The lowest BCUT2D eigenvalue weighted by Gasteiger charge is -2.13. The van der Waals surface area contributed by atoms with Crippen molar-refractivity contribution < 1.29 is 18.1 Å². The van der Waals surface area contributed by atoms with E-state index in [2.05, 4.69) is 20.5 Å². The number of phenols is 1. The predicted octanol–water partition coefficient (Wildman–Crippen LogP) is 7.44. The van der Waals surface area contributed by atoms with E-state index >= 15 is 0 Å². The molecular formula is C26H25N5O4S. The number of nitrogen functional groups attached to an aromatic ring is 1. The molecule has 4 N–H and O–H groups in total. The maximum absolute atomic E-state index is 12.1. The summed E-state index contributed by atoms with van der Waals surface area (Å²) in [5.74, 6) is -0.545. The Morgan fingerprint density at radius 1 is 0.750 bits per heavy atom. The Bertz CT molecular complexity index is 1660. The van der Waals surface area contributed by atoms with Gasteiger partial charge in [0, 0.05) is 0 Å². The fourth-order valence-corrected chi connectivity index (χ4v) is 4.51. The molecular weight excluding hydrogens is 478 g/mol. The van der Waals surface area contributed by atoms with Crippen LogP contribution in [0.3, 0.4) is 0 Å². The molecule has 4 aromatic carbocycles. The fraction of sp³-hybridized carbons (Fsp3) is 0.154. The van der Waals surface area contributed by atoms with Crippen LogP contribution in [0.4, 0.5) is 28.4 Å². The quantitative estimate of drug-likeness (QED) is 0.147. The first-order valence-electron chi connectivity index (χ1n) is 11.0. The number of aromatic hydroxyl groups is 1. The Labute approximate surface area is 208 Å². The molecule has 0 aliphatic rings. The lowest BCUT2D eigenvalue weighted by atomic mass is 10.0. The molecule has 0 spiro atoms. The van der Waals surface area contributed by atoms with Crippen molar-refractivity contribution in [2.75, 3.05) is 5.73 Å². The number of aryl methyl sites for hydroxylation is 4. The van der Waals surface area contributed by atoms with E-state index in [9.17, 15) is 18.1 Å². The van der Waals surface area contributed by atoms with Gasteiger partial charge < -0.3 is 10.8 Å². The van der Waals surface area contributed by atoms with E-state index in [0.29, 0.717) is 22.6 Å². The normalized spacial score (nSPS) is 12.2. The molecule has 0 unspecified atom stereocenters. The van der Waals surface area contributed by atoms with Crippen molar-refractivity contribution in [3.63, 3.8) is 0 Å². The van der Waals surface area contributed by atoms with Crippen LogP contribution >= 0.6 is 0 Å². The molecule has 10 heteroatoms. The molecule has 184 valence electrons. The average molecular weight is 504 g/mol. The van der Waals surface area contributed by atoms with Crippen molar-refractivity contribution in [2.45, 2.75) is 32.6 Å². The number of fused-ring (bicyclic) bond motifs is 1. The number of nitrogens with zero attached hydrogens (tertiary/aromatic N) is 4. The zero-order valence-corrected chi connectivity index (χ0v) is 21.0. The van der Waals surface area contributed by atoms with Gasteiger partial charge >= 0.3 is 0 Å². The number of azo groups is 2. The van der Waals surface area contributed by atoms with Crippen LogP contribution in [0.2, 0.25) is 0 Å². The second-order valence-electron chi connectivity index (χ2n) is 8.63. The first-order valence-corrected chi connectivity index (χ1v) is 12.4. The van der Waals surface area contributed by atoms with E-state index in [4.69, 9.17) is 5.73 Å². The van der Waals surface area contributed by atoms with Gasteiger partial charge in [-0.25, -0.2) is 0 Å². The Hall–Kier alpha value is -4.15. The van der Waals surface area contributed by atoms with Crippen LogP contribution in [-0.2, 0) is 10.1 Å². The molecule has 0 fully saturated rings. The van der Waals surface area contributed by atoms with Crippen molar-refractivity contribution in [2.24, 2.45) is 20.5 Å². The van der Waals surface area contributed by atoms with Gasteiger partial charge in [0.05, 0.1) is 22.4 Å². The van der Waals surface area contributed by atoms with Crippen molar-refractivity contribution in [1.29, 1.82) is 0 Å². The molecule has 0 radical (unpaired) electrons. The summed E-state index contributed by atoms with van der Waals surface area (Å²) in [4.78, 5) is -0.591. The van der Waals surface area contributed by atoms with Gasteiger partial charge in [-0.05, 0) is 74.5 Å². The molecule has 4 aromatic rings. The molecule has 36 heavy (non-hydrogen) atoms. The van der Waals surface area contributed by atoms with E-state index in [1.165, 1.54) is 6.07 Å². The first kappa shape index (κ1) is 25.0. The van der Waals surface area contributed by atoms with Crippen LogP contribution in [0.25, 0.3) is 10.8 Å². The lowest BCUT2D eigenvalue weighted by molar-refractivity contribution is 0.472. The van der Waals surface area contributed by atoms with Crippen LogP contribution in [0, 0.1) is 27.7 Å².